The maximum atomic E-state index is 12.9. The van der Waals surface area contributed by atoms with Crippen molar-refractivity contribution in [2.24, 2.45) is 0 Å². The predicted octanol–water partition coefficient (Wildman–Crippen LogP) is 5.13. The molecule has 0 N–H and O–H groups in total. The van der Waals surface area contributed by atoms with E-state index in [-0.39, 0.29) is 5.41 Å². The molecule has 2 aromatic rings. The number of carbonyl (C=O) groups excluding carboxylic acids is 1. The second-order valence-corrected chi connectivity index (χ2v) is 8.01. The second kappa shape index (κ2) is 5.82. The van der Waals surface area contributed by atoms with Gasteiger partial charge in [-0.3, -0.25) is 4.79 Å². The number of carbonyl (C=O) groups is 1. The molecular formula is C17H17BrOS. The van der Waals surface area contributed by atoms with E-state index < -0.39 is 0 Å². The van der Waals surface area contributed by atoms with Gasteiger partial charge in [0, 0.05) is 11.3 Å². The van der Waals surface area contributed by atoms with Crippen molar-refractivity contribution < 1.29 is 4.79 Å². The van der Waals surface area contributed by atoms with E-state index in [2.05, 4.69) is 34.1 Å². The summed E-state index contributed by atoms with van der Waals surface area (Å²) in [5.41, 5.74) is 0.968. The van der Waals surface area contributed by atoms with E-state index in [1.54, 1.807) is 11.3 Å². The molecule has 3 rings (SSSR count). The fourth-order valence-corrected chi connectivity index (χ4v) is 4.72. The third-order valence-electron chi connectivity index (χ3n) is 4.28. The van der Waals surface area contributed by atoms with E-state index in [0.29, 0.717) is 12.2 Å². The van der Waals surface area contributed by atoms with Crippen LogP contribution in [0.5, 0.6) is 0 Å². The van der Waals surface area contributed by atoms with Gasteiger partial charge in [0.1, 0.15) is 5.78 Å². The third kappa shape index (κ3) is 2.61. The van der Waals surface area contributed by atoms with Gasteiger partial charge in [-0.2, -0.15) is 0 Å². The molecule has 104 valence electrons. The van der Waals surface area contributed by atoms with Crippen LogP contribution in [0.2, 0.25) is 0 Å². The number of halogens is 1. The van der Waals surface area contributed by atoms with Gasteiger partial charge in [0.15, 0.2) is 0 Å². The first-order chi connectivity index (χ1) is 9.71. The van der Waals surface area contributed by atoms with Crippen LogP contribution in [-0.4, -0.2) is 5.78 Å². The first-order valence-electron chi connectivity index (χ1n) is 7.04. The van der Waals surface area contributed by atoms with Crippen LogP contribution in [0.3, 0.4) is 0 Å². The van der Waals surface area contributed by atoms with Gasteiger partial charge < -0.3 is 0 Å². The Morgan fingerprint density at radius 2 is 1.80 bits per heavy atom. The zero-order valence-electron chi connectivity index (χ0n) is 11.3. The molecule has 1 heterocycles. The number of thiophene rings is 1. The standard InChI is InChI=1S/C17H17BrOS/c18-16-9-8-14(20-16)12-15(19)17(10-4-5-11-17)13-6-2-1-3-7-13/h1-3,6-9H,4-5,10-12H2. The lowest BCUT2D eigenvalue weighted by molar-refractivity contribution is -0.123. The Hall–Kier alpha value is -0.930. The molecule has 0 bridgehead atoms. The lowest BCUT2D eigenvalue weighted by Gasteiger charge is -2.28. The average molecular weight is 349 g/mol. The minimum absolute atomic E-state index is 0.238. The predicted molar refractivity (Wildman–Crippen MR) is 87.3 cm³/mol. The Kier molecular flexibility index (Phi) is 4.08. The first kappa shape index (κ1) is 14.0. The maximum absolute atomic E-state index is 12.9. The monoisotopic (exact) mass is 348 g/mol. The number of benzene rings is 1. The van der Waals surface area contributed by atoms with Crippen molar-refractivity contribution in [1.29, 1.82) is 0 Å². The van der Waals surface area contributed by atoms with E-state index in [1.165, 1.54) is 5.56 Å². The fraction of sp³-hybridized carbons (Fsp3) is 0.353. The zero-order valence-corrected chi connectivity index (χ0v) is 13.7. The van der Waals surface area contributed by atoms with Crippen molar-refractivity contribution in [3.05, 3.63) is 56.7 Å². The summed E-state index contributed by atoms with van der Waals surface area (Å²) in [6, 6.07) is 14.4. The summed E-state index contributed by atoms with van der Waals surface area (Å²) in [7, 11) is 0. The topological polar surface area (TPSA) is 17.1 Å². The Labute approximate surface area is 132 Å². The Balaban J connectivity index is 1.89. The summed E-state index contributed by atoms with van der Waals surface area (Å²) in [6.45, 7) is 0. The maximum Gasteiger partial charge on any atom is 0.148 e. The molecule has 0 radical (unpaired) electrons. The Morgan fingerprint density at radius 1 is 1.10 bits per heavy atom. The zero-order chi connectivity index (χ0) is 14.0. The summed E-state index contributed by atoms with van der Waals surface area (Å²) in [5, 5.41) is 0. The van der Waals surface area contributed by atoms with Gasteiger partial charge in [-0.25, -0.2) is 0 Å². The van der Waals surface area contributed by atoms with Gasteiger partial charge in [-0.1, -0.05) is 43.2 Å². The van der Waals surface area contributed by atoms with Crippen molar-refractivity contribution in [3.63, 3.8) is 0 Å². The largest absolute Gasteiger partial charge is 0.298 e. The molecule has 1 nitrogen and oxygen atoms in total. The molecule has 0 amide bonds. The van der Waals surface area contributed by atoms with Gasteiger partial charge >= 0.3 is 0 Å². The summed E-state index contributed by atoms with van der Waals surface area (Å²) < 4.78 is 1.10. The molecular weight excluding hydrogens is 332 g/mol. The highest BCUT2D eigenvalue weighted by molar-refractivity contribution is 9.11. The molecule has 1 saturated carbocycles. The molecule has 1 aliphatic carbocycles. The third-order valence-corrected chi connectivity index (χ3v) is 5.90. The molecule has 0 unspecified atom stereocenters. The van der Waals surface area contributed by atoms with Crippen LogP contribution in [0.1, 0.15) is 36.1 Å². The van der Waals surface area contributed by atoms with Crippen LogP contribution in [0.25, 0.3) is 0 Å². The minimum Gasteiger partial charge on any atom is -0.298 e. The van der Waals surface area contributed by atoms with Crippen LogP contribution in [0.4, 0.5) is 0 Å². The number of rotatable bonds is 4. The van der Waals surface area contributed by atoms with Crippen LogP contribution in [0, 0.1) is 0 Å². The normalized spacial score (nSPS) is 17.2. The SMILES string of the molecule is O=C(Cc1ccc(Br)s1)C1(c2ccccc2)CCCC1. The van der Waals surface area contributed by atoms with Crippen molar-refractivity contribution in [2.75, 3.05) is 0 Å². The average Bonchev–Trinajstić information content (AvgIpc) is 3.10. The van der Waals surface area contributed by atoms with Gasteiger partial charge in [0.05, 0.1) is 9.20 Å². The summed E-state index contributed by atoms with van der Waals surface area (Å²) in [4.78, 5) is 14.1. The number of hydrogen-bond acceptors (Lipinski definition) is 2. The van der Waals surface area contributed by atoms with Crippen LogP contribution in [0.15, 0.2) is 46.3 Å². The van der Waals surface area contributed by atoms with Crippen LogP contribution in [-0.2, 0) is 16.6 Å². The quantitative estimate of drug-likeness (QED) is 0.747. The molecule has 1 fully saturated rings. The lowest BCUT2D eigenvalue weighted by atomic mass is 9.74. The van der Waals surface area contributed by atoms with E-state index in [1.807, 2.05) is 24.3 Å². The van der Waals surface area contributed by atoms with Gasteiger partial charge in [-0.15, -0.1) is 11.3 Å². The summed E-state index contributed by atoms with van der Waals surface area (Å²) in [5.74, 6) is 0.385. The molecule has 1 aromatic carbocycles. The van der Waals surface area contributed by atoms with Crippen molar-refractivity contribution in [1.82, 2.24) is 0 Å². The summed E-state index contributed by atoms with van der Waals surface area (Å²) >= 11 is 5.14. The summed E-state index contributed by atoms with van der Waals surface area (Å²) in [6.07, 6.45) is 4.89. The molecule has 0 spiro atoms. The van der Waals surface area contributed by atoms with Gasteiger partial charge in [0.25, 0.3) is 0 Å². The second-order valence-electron chi connectivity index (χ2n) is 5.46. The van der Waals surface area contributed by atoms with E-state index in [9.17, 15) is 4.79 Å². The lowest BCUT2D eigenvalue weighted by Crippen LogP contribution is -2.34. The smallest absolute Gasteiger partial charge is 0.148 e. The first-order valence-corrected chi connectivity index (χ1v) is 8.65. The fourth-order valence-electron chi connectivity index (χ4n) is 3.24. The number of hydrogen-bond donors (Lipinski definition) is 0. The molecule has 1 aromatic heterocycles. The molecule has 0 atom stereocenters. The van der Waals surface area contributed by atoms with Crippen molar-refractivity contribution >= 4 is 33.0 Å². The minimum atomic E-state index is -0.238. The molecule has 20 heavy (non-hydrogen) atoms. The highest BCUT2D eigenvalue weighted by Gasteiger charge is 2.41. The Bertz CT molecular complexity index is 596. The highest BCUT2D eigenvalue weighted by atomic mass is 79.9. The number of ketones is 1. The Morgan fingerprint density at radius 3 is 2.40 bits per heavy atom. The van der Waals surface area contributed by atoms with Gasteiger partial charge in [0.2, 0.25) is 0 Å². The van der Waals surface area contributed by atoms with Crippen LogP contribution >= 0.6 is 27.3 Å². The van der Waals surface area contributed by atoms with E-state index >= 15 is 0 Å². The van der Waals surface area contributed by atoms with Crippen molar-refractivity contribution in [2.45, 2.75) is 37.5 Å². The molecule has 1 aliphatic rings. The van der Waals surface area contributed by atoms with E-state index in [4.69, 9.17) is 0 Å². The van der Waals surface area contributed by atoms with Gasteiger partial charge in [-0.05, 0) is 46.5 Å². The molecule has 0 aliphatic heterocycles. The highest BCUT2D eigenvalue weighted by Crippen LogP contribution is 2.42. The number of Topliss-reactive ketones (excluding diaryl/α,β-unsaturated/α-hetero) is 1. The molecule has 3 heteroatoms. The molecule has 0 saturated heterocycles. The van der Waals surface area contributed by atoms with Crippen molar-refractivity contribution in [3.8, 4) is 0 Å². The van der Waals surface area contributed by atoms with Crippen LogP contribution < -0.4 is 0 Å². The van der Waals surface area contributed by atoms with E-state index in [0.717, 1.165) is 34.3 Å².